The summed E-state index contributed by atoms with van der Waals surface area (Å²) in [6, 6.07) is 0. The summed E-state index contributed by atoms with van der Waals surface area (Å²) in [6.07, 6.45) is 14.6. The highest BCUT2D eigenvalue weighted by atomic mass is 16.4. The summed E-state index contributed by atoms with van der Waals surface area (Å²) in [4.78, 5) is 22.1. The first-order valence-corrected chi connectivity index (χ1v) is 9.34. The number of unbranched alkanes of at least 4 members (excludes halogenated alkanes) is 5. The number of carboxylic acid groups (broad SMARTS) is 1. The predicted octanol–water partition coefficient (Wildman–Crippen LogP) is 4.42. The Balaban J connectivity index is 2.30. The van der Waals surface area contributed by atoms with Crippen LogP contribution in [0.2, 0.25) is 0 Å². The Morgan fingerprint density at radius 1 is 1.25 bits per heavy atom. The Labute approximate surface area is 145 Å². The molecule has 0 fully saturated rings. The summed E-state index contributed by atoms with van der Waals surface area (Å²) in [6.45, 7) is 2.14. The zero-order valence-electron chi connectivity index (χ0n) is 14.9. The van der Waals surface area contributed by atoms with Crippen molar-refractivity contribution in [1.82, 2.24) is 0 Å². The van der Waals surface area contributed by atoms with Crippen molar-refractivity contribution in [3.63, 3.8) is 0 Å². The lowest BCUT2D eigenvalue weighted by Crippen LogP contribution is -2.04. The third-order valence-corrected chi connectivity index (χ3v) is 4.52. The molecule has 0 saturated carbocycles. The van der Waals surface area contributed by atoms with Gasteiger partial charge < -0.3 is 10.2 Å². The van der Waals surface area contributed by atoms with Crippen LogP contribution in [-0.2, 0) is 9.59 Å². The molecule has 0 aromatic carbocycles. The zero-order chi connectivity index (χ0) is 17.8. The van der Waals surface area contributed by atoms with Crippen LogP contribution >= 0.6 is 0 Å². The maximum atomic E-state index is 11.7. The predicted molar refractivity (Wildman–Crippen MR) is 95.8 cm³/mol. The van der Waals surface area contributed by atoms with Gasteiger partial charge in [-0.25, -0.2) is 0 Å². The zero-order valence-corrected chi connectivity index (χ0v) is 14.9. The summed E-state index contributed by atoms with van der Waals surface area (Å²) in [5.41, 5.74) is 1.16. The Morgan fingerprint density at radius 3 is 2.71 bits per heavy atom. The van der Waals surface area contributed by atoms with Crippen LogP contribution in [0.4, 0.5) is 0 Å². The maximum absolute atomic E-state index is 11.7. The van der Waals surface area contributed by atoms with Gasteiger partial charge in [0.05, 0.1) is 6.10 Å². The molecular weight excluding hydrogens is 304 g/mol. The van der Waals surface area contributed by atoms with E-state index in [9.17, 15) is 14.7 Å². The van der Waals surface area contributed by atoms with Crippen LogP contribution in [0, 0.1) is 5.92 Å². The number of allylic oxidation sites excluding steroid dienone is 3. The number of carbonyl (C=O) groups excluding carboxylic acids is 1. The van der Waals surface area contributed by atoms with Crippen LogP contribution in [0.25, 0.3) is 0 Å². The number of hydrogen-bond donors (Lipinski definition) is 2. The molecule has 0 radical (unpaired) electrons. The molecule has 0 aromatic heterocycles. The second kappa shape index (κ2) is 12.0. The van der Waals surface area contributed by atoms with Crippen LogP contribution in [0.5, 0.6) is 0 Å². The van der Waals surface area contributed by atoms with Crippen molar-refractivity contribution < 1.29 is 19.8 Å². The highest BCUT2D eigenvalue weighted by Gasteiger charge is 2.22. The molecule has 1 aliphatic carbocycles. The van der Waals surface area contributed by atoms with E-state index < -0.39 is 12.1 Å². The molecular formula is C20H32O4. The quantitative estimate of drug-likeness (QED) is 0.385. The van der Waals surface area contributed by atoms with Crippen molar-refractivity contribution in [2.24, 2.45) is 5.92 Å². The summed E-state index contributed by atoms with van der Waals surface area (Å²) in [5, 5.41) is 18.6. The maximum Gasteiger partial charge on any atom is 0.303 e. The summed E-state index contributed by atoms with van der Waals surface area (Å²) < 4.78 is 0. The van der Waals surface area contributed by atoms with Crippen LogP contribution in [0.1, 0.15) is 77.6 Å². The second-order valence-electron chi connectivity index (χ2n) is 6.75. The molecule has 0 spiro atoms. The van der Waals surface area contributed by atoms with E-state index in [4.69, 9.17) is 5.11 Å². The molecule has 24 heavy (non-hydrogen) atoms. The lowest BCUT2D eigenvalue weighted by molar-refractivity contribution is -0.137. The van der Waals surface area contributed by atoms with Crippen molar-refractivity contribution >= 4 is 11.8 Å². The van der Waals surface area contributed by atoms with Crippen molar-refractivity contribution in [3.8, 4) is 0 Å². The number of carboxylic acids is 1. The number of aliphatic hydroxyl groups is 1. The Morgan fingerprint density at radius 2 is 2.00 bits per heavy atom. The average molecular weight is 336 g/mol. The third kappa shape index (κ3) is 9.02. The highest BCUT2D eigenvalue weighted by molar-refractivity contribution is 5.93. The standard InChI is InChI=1S/C20H32O4/c1-2-3-6-10-18(21)13-12-17-15-19(22)14-16(17)9-7-4-5-8-11-20(23)24/h12-14,17-18,21H,2-11,15H2,1H3,(H,23,24)/b13-12+. The van der Waals surface area contributed by atoms with Gasteiger partial charge in [0.25, 0.3) is 0 Å². The number of aliphatic hydroxyl groups excluding tert-OH is 1. The minimum atomic E-state index is -0.734. The largest absolute Gasteiger partial charge is 0.481 e. The number of hydrogen-bond acceptors (Lipinski definition) is 3. The number of ketones is 1. The van der Waals surface area contributed by atoms with Gasteiger partial charge in [0.1, 0.15) is 0 Å². The van der Waals surface area contributed by atoms with Crippen LogP contribution in [0.3, 0.4) is 0 Å². The van der Waals surface area contributed by atoms with E-state index in [1.807, 2.05) is 12.2 Å². The van der Waals surface area contributed by atoms with Gasteiger partial charge in [-0.05, 0) is 31.8 Å². The van der Waals surface area contributed by atoms with Crippen molar-refractivity contribution in [1.29, 1.82) is 0 Å². The molecule has 0 saturated heterocycles. The fourth-order valence-electron chi connectivity index (χ4n) is 3.09. The van der Waals surface area contributed by atoms with Crippen molar-refractivity contribution in [2.45, 2.75) is 83.7 Å². The fourth-order valence-corrected chi connectivity index (χ4v) is 3.09. The Bertz CT molecular complexity index is 451. The molecule has 1 rings (SSSR count). The number of rotatable bonds is 13. The Hall–Kier alpha value is -1.42. The van der Waals surface area contributed by atoms with Crippen molar-refractivity contribution in [2.75, 3.05) is 0 Å². The van der Waals surface area contributed by atoms with E-state index in [1.54, 1.807) is 6.08 Å². The van der Waals surface area contributed by atoms with E-state index in [-0.39, 0.29) is 18.1 Å². The van der Waals surface area contributed by atoms with Gasteiger partial charge in [0, 0.05) is 18.8 Å². The monoisotopic (exact) mass is 336 g/mol. The average Bonchev–Trinajstić information content (AvgIpc) is 2.88. The smallest absolute Gasteiger partial charge is 0.303 e. The van der Waals surface area contributed by atoms with Crippen LogP contribution in [-0.4, -0.2) is 28.1 Å². The normalized spacial score (nSPS) is 19.0. The summed E-state index contributed by atoms with van der Waals surface area (Å²) in [5.74, 6) is -0.426. The minimum absolute atomic E-state index is 0.136. The van der Waals surface area contributed by atoms with E-state index in [0.717, 1.165) is 63.4 Å². The SMILES string of the molecule is CCCCCC(O)/C=C/C1CC(=O)C=C1CCCCCCC(=O)O. The number of aliphatic carboxylic acids is 1. The second-order valence-corrected chi connectivity index (χ2v) is 6.75. The highest BCUT2D eigenvalue weighted by Crippen LogP contribution is 2.29. The van der Waals surface area contributed by atoms with Gasteiger partial charge in [-0.3, -0.25) is 9.59 Å². The molecule has 0 amide bonds. The molecule has 0 aliphatic heterocycles. The first-order valence-electron chi connectivity index (χ1n) is 9.34. The first kappa shape index (κ1) is 20.6. The van der Waals surface area contributed by atoms with Gasteiger partial charge in [-0.15, -0.1) is 0 Å². The molecule has 4 heteroatoms. The third-order valence-electron chi connectivity index (χ3n) is 4.52. The summed E-state index contributed by atoms with van der Waals surface area (Å²) in [7, 11) is 0. The van der Waals surface area contributed by atoms with E-state index in [1.165, 1.54) is 0 Å². The van der Waals surface area contributed by atoms with Crippen LogP contribution in [0.15, 0.2) is 23.8 Å². The molecule has 0 bridgehead atoms. The molecule has 136 valence electrons. The van der Waals surface area contributed by atoms with Gasteiger partial charge in [0.15, 0.2) is 5.78 Å². The summed E-state index contributed by atoms with van der Waals surface area (Å²) >= 11 is 0. The minimum Gasteiger partial charge on any atom is -0.481 e. The van der Waals surface area contributed by atoms with Gasteiger partial charge in [-0.1, -0.05) is 56.8 Å². The molecule has 0 aromatic rings. The van der Waals surface area contributed by atoms with Gasteiger partial charge >= 0.3 is 5.97 Å². The van der Waals surface area contributed by atoms with Gasteiger partial charge in [0.2, 0.25) is 0 Å². The lowest BCUT2D eigenvalue weighted by Gasteiger charge is -2.11. The van der Waals surface area contributed by atoms with Crippen molar-refractivity contribution in [3.05, 3.63) is 23.8 Å². The lowest BCUT2D eigenvalue weighted by atomic mass is 9.95. The fraction of sp³-hybridized carbons (Fsp3) is 0.700. The molecule has 1 aliphatic rings. The molecule has 2 atom stereocenters. The first-order chi connectivity index (χ1) is 11.5. The van der Waals surface area contributed by atoms with Gasteiger partial charge in [-0.2, -0.15) is 0 Å². The molecule has 4 nitrogen and oxygen atoms in total. The van der Waals surface area contributed by atoms with Crippen LogP contribution < -0.4 is 0 Å². The molecule has 2 unspecified atom stereocenters. The van der Waals surface area contributed by atoms with E-state index in [0.29, 0.717) is 6.42 Å². The molecule has 2 N–H and O–H groups in total. The van der Waals surface area contributed by atoms with E-state index >= 15 is 0 Å². The Kier molecular flexibility index (Phi) is 10.3. The van der Waals surface area contributed by atoms with E-state index in [2.05, 4.69) is 6.92 Å². The molecule has 0 heterocycles. The number of carbonyl (C=O) groups is 2. The topological polar surface area (TPSA) is 74.6 Å².